The smallest absolute Gasteiger partial charge is 0.265 e. The van der Waals surface area contributed by atoms with Gasteiger partial charge in [0.1, 0.15) is 5.75 Å². The molecule has 0 aliphatic carbocycles. The van der Waals surface area contributed by atoms with Crippen LogP contribution in [0.4, 0.5) is 5.69 Å². The quantitative estimate of drug-likeness (QED) is 0.680. The summed E-state index contributed by atoms with van der Waals surface area (Å²) in [7, 11) is 0. The Morgan fingerprint density at radius 2 is 1.97 bits per heavy atom. The molecule has 0 aromatic heterocycles. The lowest BCUT2D eigenvalue weighted by Gasteiger charge is -2.19. The van der Waals surface area contributed by atoms with Crippen LogP contribution < -0.4 is 15.4 Å². The molecule has 7 heteroatoms. The molecule has 29 heavy (non-hydrogen) atoms. The number of amides is 2. The van der Waals surface area contributed by atoms with Gasteiger partial charge in [0, 0.05) is 13.2 Å². The molecule has 2 N–H and O–H groups in total. The van der Waals surface area contributed by atoms with Gasteiger partial charge in [0.15, 0.2) is 6.10 Å². The first-order chi connectivity index (χ1) is 14.1. The number of carbonyl (C=O) groups excluding carboxylic acids is 2. The highest BCUT2D eigenvalue weighted by atomic mass is 35.5. The van der Waals surface area contributed by atoms with Crippen molar-refractivity contribution in [3.8, 4) is 5.75 Å². The van der Waals surface area contributed by atoms with E-state index in [-0.39, 0.29) is 17.9 Å². The predicted octanol–water partition coefficient (Wildman–Crippen LogP) is 4.04. The number of nitrogens with one attached hydrogen (secondary N) is 2. The molecule has 1 saturated heterocycles. The number of carbonyl (C=O) groups is 2. The number of hydrogen-bond acceptors (Lipinski definition) is 4. The van der Waals surface area contributed by atoms with Crippen molar-refractivity contribution in [2.24, 2.45) is 0 Å². The van der Waals surface area contributed by atoms with Crippen molar-refractivity contribution in [1.82, 2.24) is 5.32 Å². The Morgan fingerprint density at radius 3 is 2.69 bits per heavy atom. The minimum atomic E-state index is -0.738. The van der Waals surface area contributed by atoms with E-state index in [9.17, 15) is 9.59 Å². The largest absolute Gasteiger partial charge is 0.479 e. The van der Waals surface area contributed by atoms with Crippen molar-refractivity contribution >= 4 is 29.1 Å². The minimum absolute atomic E-state index is 0.0502. The highest BCUT2D eigenvalue weighted by molar-refractivity contribution is 6.32. The van der Waals surface area contributed by atoms with Crippen molar-refractivity contribution in [2.75, 3.05) is 18.5 Å². The summed E-state index contributed by atoms with van der Waals surface area (Å²) in [6.07, 6.45) is 1.71. The third-order valence-electron chi connectivity index (χ3n) is 4.71. The molecule has 2 amide bonds. The first-order valence-corrected chi connectivity index (χ1v) is 10.2. The molecule has 0 spiro atoms. The fourth-order valence-electron chi connectivity index (χ4n) is 3.13. The van der Waals surface area contributed by atoms with Gasteiger partial charge in [0.05, 0.1) is 22.4 Å². The zero-order valence-electron chi connectivity index (χ0n) is 16.3. The molecule has 1 aliphatic heterocycles. The Kier molecular flexibility index (Phi) is 7.49. The first-order valence-electron chi connectivity index (χ1n) is 9.79. The van der Waals surface area contributed by atoms with Gasteiger partial charge in [0.25, 0.3) is 11.8 Å². The van der Waals surface area contributed by atoms with Gasteiger partial charge in [-0.25, -0.2) is 0 Å². The molecule has 0 saturated carbocycles. The topological polar surface area (TPSA) is 76.7 Å². The Hall–Kier alpha value is -2.57. The number of ether oxygens (including phenoxy) is 2. The molecule has 154 valence electrons. The van der Waals surface area contributed by atoms with Crippen LogP contribution >= 0.6 is 11.6 Å². The van der Waals surface area contributed by atoms with Crippen LogP contribution in [0, 0.1) is 0 Å². The summed E-state index contributed by atoms with van der Waals surface area (Å²) in [5, 5.41) is 6.13. The predicted molar refractivity (Wildman–Crippen MR) is 113 cm³/mol. The van der Waals surface area contributed by atoms with Crippen molar-refractivity contribution in [1.29, 1.82) is 0 Å². The third-order valence-corrected chi connectivity index (χ3v) is 5.03. The Bertz CT molecular complexity index is 852. The lowest BCUT2D eigenvalue weighted by atomic mass is 10.1. The first kappa shape index (κ1) is 21.1. The molecule has 1 fully saturated rings. The van der Waals surface area contributed by atoms with Crippen LogP contribution in [-0.4, -0.2) is 37.2 Å². The fraction of sp³-hybridized carbons (Fsp3) is 0.364. The molecule has 1 aliphatic rings. The zero-order chi connectivity index (χ0) is 20.6. The second-order valence-corrected chi connectivity index (χ2v) is 7.23. The average molecular weight is 417 g/mol. The van der Waals surface area contributed by atoms with Crippen molar-refractivity contribution in [3.63, 3.8) is 0 Å². The summed E-state index contributed by atoms with van der Waals surface area (Å²) >= 11 is 6.13. The third kappa shape index (κ3) is 5.71. The molecule has 2 aromatic rings. The van der Waals surface area contributed by atoms with Crippen molar-refractivity contribution in [3.05, 3.63) is 59.1 Å². The van der Waals surface area contributed by atoms with Crippen LogP contribution in [-0.2, 0) is 9.53 Å². The summed E-state index contributed by atoms with van der Waals surface area (Å²) in [6, 6.07) is 13.9. The van der Waals surface area contributed by atoms with Gasteiger partial charge < -0.3 is 20.1 Å². The van der Waals surface area contributed by atoms with Crippen LogP contribution in [0.25, 0.3) is 0 Å². The van der Waals surface area contributed by atoms with Gasteiger partial charge in [-0.1, -0.05) is 42.8 Å². The van der Waals surface area contributed by atoms with E-state index >= 15 is 0 Å². The van der Waals surface area contributed by atoms with Crippen LogP contribution in [0.5, 0.6) is 5.75 Å². The number of rotatable bonds is 8. The Morgan fingerprint density at radius 1 is 1.21 bits per heavy atom. The molecular weight excluding hydrogens is 392 g/mol. The molecule has 0 radical (unpaired) electrons. The lowest BCUT2D eigenvalue weighted by Crippen LogP contribution is -2.35. The second-order valence-electron chi connectivity index (χ2n) is 6.83. The minimum Gasteiger partial charge on any atom is -0.479 e. The molecule has 6 nitrogen and oxygen atoms in total. The van der Waals surface area contributed by atoms with Crippen LogP contribution in [0.2, 0.25) is 5.02 Å². The maximum Gasteiger partial charge on any atom is 0.265 e. The summed E-state index contributed by atoms with van der Waals surface area (Å²) < 4.78 is 11.3. The SMILES string of the molecule is CC[C@@H](Oc1ccccc1Cl)C(=O)Nc1ccccc1C(=O)NC[C@H]1CCCO1. The van der Waals surface area contributed by atoms with E-state index in [4.69, 9.17) is 21.1 Å². The van der Waals surface area contributed by atoms with Crippen molar-refractivity contribution in [2.45, 2.75) is 38.4 Å². The molecule has 3 rings (SSSR count). The van der Waals surface area contributed by atoms with Gasteiger partial charge in [0.2, 0.25) is 0 Å². The number of anilines is 1. The molecule has 1 heterocycles. The van der Waals surface area contributed by atoms with E-state index in [0.717, 1.165) is 19.4 Å². The monoisotopic (exact) mass is 416 g/mol. The zero-order valence-corrected chi connectivity index (χ0v) is 17.1. The normalized spacial score (nSPS) is 16.8. The molecule has 0 bridgehead atoms. The van der Waals surface area contributed by atoms with E-state index in [0.29, 0.717) is 35.0 Å². The number of para-hydroxylation sites is 2. The summed E-state index contributed by atoms with van der Waals surface area (Å²) in [5.74, 6) is -0.151. The van der Waals surface area contributed by atoms with E-state index in [2.05, 4.69) is 10.6 Å². The standard InChI is InChI=1S/C22H25ClN2O4/c1-2-19(29-20-12-6-4-10-17(20)23)22(27)25-18-11-5-3-9-16(18)21(26)24-14-15-8-7-13-28-15/h3-6,9-12,15,19H,2,7-8,13-14H2,1H3,(H,24,26)(H,25,27)/t15-,19-/m1/s1. The van der Waals surface area contributed by atoms with Gasteiger partial charge in [-0.3, -0.25) is 9.59 Å². The van der Waals surface area contributed by atoms with Gasteiger partial charge in [-0.05, 0) is 43.5 Å². The second kappa shape index (κ2) is 10.3. The van der Waals surface area contributed by atoms with E-state index in [1.54, 1.807) is 48.5 Å². The fourth-order valence-corrected chi connectivity index (χ4v) is 3.31. The lowest BCUT2D eigenvalue weighted by molar-refractivity contribution is -0.122. The van der Waals surface area contributed by atoms with Crippen molar-refractivity contribution < 1.29 is 19.1 Å². The summed E-state index contributed by atoms with van der Waals surface area (Å²) in [4.78, 5) is 25.4. The molecular formula is C22H25ClN2O4. The van der Waals surface area contributed by atoms with Gasteiger partial charge in [-0.2, -0.15) is 0 Å². The average Bonchev–Trinajstić information content (AvgIpc) is 3.25. The number of halogens is 1. The molecule has 0 unspecified atom stereocenters. The molecule has 2 aromatic carbocycles. The Labute approximate surface area is 175 Å². The maximum atomic E-state index is 12.8. The highest BCUT2D eigenvalue weighted by Gasteiger charge is 2.22. The summed E-state index contributed by atoms with van der Waals surface area (Å²) in [5.41, 5.74) is 0.829. The van der Waals surface area contributed by atoms with E-state index < -0.39 is 6.10 Å². The van der Waals surface area contributed by atoms with Gasteiger partial charge >= 0.3 is 0 Å². The van der Waals surface area contributed by atoms with Crippen LogP contribution in [0.1, 0.15) is 36.5 Å². The van der Waals surface area contributed by atoms with Crippen LogP contribution in [0.3, 0.4) is 0 Å². The molecule has 2 atom stereocenters. The highest BCUT2D eigenvalue weighted by Crippen LogP contribution is 2.25. The number of hydrogen-bond donors (Lipinski definition) is 2. The van der Waals surface area contributed by atoms with Crippen LogP contribution in [0.15, 0.2) is 48.5 Å². The number of benzene rings is 2. The Balaban J connectivity index is 1.66. The summed E-state index contributed by atoms with van der Waals surface area (Å²) in [6.45, 7) is 3.03. The maximum absolute atomic E-state index is 12.8. The van der Waals surface area contributed by atoms with E-state index in [1.807, 2.05) is 6.92 Å². The van der Waals surface area contributed by atoms with E-state index in [1.165, 1.54) is 0 Å². The van der Waals surface area contributed by atoms with Gasteiger partial charge in [-0.15, -0.1) is 0 Å².